The largest absolute Gasteiger partial charge is 0.330 e. The Kier molecular flexibility index (Phi) is 4.64. The highest BCUT2D eigenvalue weighted by Crippen LogP contribution is 2.40. The van der Waals surface area contributed by atoms with Gasteiger partial charge in [0.25, 0.3) is 5.56 Å². The lowest BCUT2D eigenvalue weighted by molar-refractivity contribution is 0.323. The number of nitrogens with zero attached hydrogens (tertiary/aromatic N) is 2. The van der Waals surface area contributed by atoms with Crippen LogP contribution in [0.1, 0.15) is 42.5 Å². The Labute approximate surface area is 146 Å². The summed E-state index contributed by atoms with van der Waals surface area (Å²) < 4.78 is 17.0. The molecule has 0 saturated heterocycles. The van der Waals surface area contributed by atoms with E-state index in [0.717, 1.165) is 30.3 Å². The van der Waals surface area contributed by atoms with Crippen LogP contribution in [-0.2, 0) is 26.2 Å². The Morgan fingerprint density at radius 1 is 1.12 bits per heavy atom. The van der Waals surface area contributed by atoms with Crippen molar-refractivity contribution in [2.75, 3.05) is 0 Å². The van der Waals surface area contributed by atoms with Crippen LogP contribution in [0.5, 0.6) is 0 Å². The van der Waals surface area contributed by atoms with Crippen LogP contribution in [0.25, 0.3) is 0 Å². The topological polar surface area (TPSA) is 56.0 Å². The van der Waals surface area contributed by atoms with Crippen LogP contribution in [0.3, 0.4) is 0 Å². The summed E-state index contributed by atoms with van der Waals surface area (Å²) in [5.74, 6) is -0.220. The molecule has 0 bridgehead atoms. The number of halogens is 1. The molecule has 1 aliphatic carbocycles. The summed E-state index contributed by atoms with van der Waals surface area (Å²) in [4.78, 5) is 24.5. The molecule has 0 radical (unpaired) electrons. The van der Waals surface area contributed by atoms with Gasteiger partial charge in [-0.3, -0.25) is 9.36 Å². The second-order valence-corrected chi connectivity index (χ2v) is 6.89. The van der Waals surface area contributed by atoms with Gasteiger partial charge >= 0.3 is 5.69 Å². The minimum atomic E-state index is -0.461. The van der Waals surface area contributed by atoms with Crippen LogP contribution in [0.4, 0.5) is 4.39 Å². The predicted octanol–water partition coefficient (Wildman–Crippen LogP) is 2.09. The van der Waals surface area contributed by atoms with Gasteiger partial charge in [0.1, 0.15) is 5.82 Å². The van der Waals surface area contributed by atoms with Gasteiger partial charge in [0.05, 0.1) is 5.56 Å². The van der Waals surface area contributed by atoms with Gasteiger partial charge in [-0.1, -0.05) is 31.0 Å². The smallest absolute Gasteiger partial charge is 0.303 e. The van der Waals surface area contributed by atoms with Crippen molar-refractivity contribution in [1.29, 1.82) is 0 Å². The van der Waals surface area contributed by atoms with Crippen molar-refractivity contribution in [1.82, 2.24) is 14.5 Å². The number of rotatable bonds is 4. The Bertz CT molecular complexity index is 908. The van der Waals surface area contributed by atoms with Gasteiger partial charge in [0.2, 0.25) is 0 Å². The number of benzene rings is 1. The van der Waals surface area contributed by atoms with Crippen molar-refractivity contribution in [2.24, 2.45) is 14.1 Å². The Hall–Kier alpha value is -2.21. The van der Waals surface area contributed by atoms with Gasteiger partial charge in [-0.05, 0) is 25.8 Å². The fourth-order valence-corrected chi connectivity index (χ4v) is 3.85. The Balaban J connectivity index is 1.99. The standard InChI is InChI=1S/C19H24FN3O2/c1-13-14(17(24)23(3)18(25)22(13)2)12-21-19(10-6-7-11-19)15-8-4-5-9-16(15)20/h4-5,8-9,21H,6-7,10-12H2,1-3H3. The summed E-state index contributed by atoms with van der Waals surface area (Å²) in [6, 6.07) is 6.83. The third kappa shape index (κ3) is 2.95. The van der Waals surface area contributed by atoms with Crippen LogP contribution in [0.2, 0.25) is 0 Å². The van der Waals surface area contributed by atoms with E-state index in [1.165, 1.54) is 17.7 Å². The van der Waals surface area contributed by atoms with E-state index in [-0.39, 0.29) is 17.1 Å². The Morgan fingerprint density at radius 2 is 1.76 bits per heavy atom. The molecule has 0 spiro atoms. The molecule has 1 aromatic heterocycles. The lowest BCUT2D eigenvalue weighted by Crippen LogP contribution is -2.45. The molecule has 0 atom stereocenters. The van der Waals surface area contributed by atoms with E-state index in [1.807, 2.05) is 12.1 Å². The highest BCUT2D eigenvalue weighted by atomic mass is 19.1. The number of aromatic nitrogens is 2. The van der Waals surface area contributed by atoms with Crippen LogP contribution in [0, 0.1) is 12.7 Å². The van der Waals surface area contributed by atoms with E-state index in [0.29, 0.717) is 23.4 Å². The van der Waals surface area contributed by atoms with E-state index in [4.69, 9.17) is 0 Å². The van der Waals surface area contributed by atoms with E-state index < -0.39 is 5.54 Å². The fourth-order valence-electron chi connectivity index (χ4n) is 3.85. The first-order valence-electron chi connectivity index (χ1n) is 8.63. The molecule has 2 aromatic rings. The number of hydrogen-bond acceptors (Lipinski definition) is 3. The maximum atomic E-state index is 14.4. The van der Waals surface area contributed by atoms with Crippen molar-refractivity contribution < 1.29 is 4.39 Å². The summed E-state index contributed by atoms with van der Waals surface area (Å²) in [7, 11) is 3.14. The minimum Gasteiger partial charge on any atom is -0.303 e. The fraction of sp³-hybridized carbons (Fsp3) is 0.474. The maximum Gasteiger partial charge on any atom is 0.330 e. The highest BCUT2D eigenvalue weighted by molar-refractivity contribution is 5.28. The lowest BCUT2D eigenvalue weighted by atomic mass is 9.87. The average molecular weight is 345 g/mol. The molecule has 1 aromatic carbocycles. The van der Waals surface area contributed by atoms with Crippen LogP contribution in [-0.4, -0.2) is 9.13 Å². The molecule has 134 valence electrons. The average Bonchev–Trinajstić information content (AvgIpc) is 3.08. The Morgan fingerprint density at radius 3 is 2.40 bits per heavy atom. The first-order valence-corrected chi connectivity index (χ1v) is 8.63. The van der Waals surface area contributed by atoms with E-state index in [2.05, 4.69) is 5.32 Å². The van der Waals surface area contributed by atoms with Crippen molar-refractivity contribution in [3.63, 3.8) is 0 Å². The van der Waals surface area contributed by atoms with E-state index >= 15 is 0 Å². The molecule has 0 aliphatic heterocycles. The van der Waals surface area contributed by atoms with Crippen molar-refractivity contribution in [2.45, 2.75) is 44.7 Å². The third-order valence-electron chi connectivity index (χ3n) is 5.53. The third-order valence-corrected chi connectivity index (χ3v) is 5.53. The molecule has 5 nitrogen and oxygen atoms in total. The van der Waals surface area contributed by atoms with Crippen LogP contribution < -0.4 is 16.6 Å². The molecule has 1 fully saturated rings. The molecule has 1 heterocycles. The van der Waals surface area contributed by atoms with Crippen molar-refractivity contribution in [3.05, 3.63) is 67.7 Å². The molecule has 1 aliphatic rings. The second kappa shape index (κ2) is 6.59. The zero-order chi connectivity index (χ0) is 18.2. The highest BCUT2D eigenvalue weighted by Gasteiger charge is 2.37. The molecule has 3 rings (SSSR count). The first kappa shape index (κ1) is 17.6. The van der Waals surface area contributed by atoms with Gasteiger partial charge in [-0.2, -0.15) is 0 Å². The van der Waals surface area contributed by atoms with Gasteiger partial charge in [-0.25, -0.2) is 9.18 Å². The first-order chi connectivity index (χ1) is 11.9. The van der Waals surface area contributed by atoms with Crippen LogP contribution >= 0.6 is 0 Å². The molecule has 6 heteroatoms. The quantitative estimate of drug-likeness (QED) is 0.923. The molecule has 0 unspecified atom stereocenters. The molecule has 1 N–H and O–H groups in total. The summed E-state index contributed by atoms with van der Waals surface area (Å²) in [5.41, 5.74) is 0.754. The van der Waals surface area contributed by atoms with Gasteiger partial charge in [0.15, 0.2) is 0 Å². The number of nitrogens with one attached hydrogen (secondary N) is 1. The second-order valence-electron chi connectivity index (χ2n) is 6.89. The van der Waals surface area contributed by atoms with Crippen molar-refractivity contribution in [3.8, 4) is 0 Å². The van der Waals surface area contributed by atoms with Crippen molar-refractivity contribution >= 4 is 0 Å². The van der Waals surface area contributed by atoms with E-state index in [1.54, 1.807) is 20.0 Å². The van der Waals surface area contributed by atoms with Gasteiger partial charge < -0.3 is 9.88 Å². The minimum absolute atomic E-state index is 0.220. The molecule has 25 heavy (non-hydrogen) atoms. The predicted molar refractivity (Wildman–Crippen MR) is 95.0 cm³/mol. The molecular weight excluding hydrogens is 321 g/mol. The zero-order valence-corrected chi connectivity index (χ0v) is 14.9. The number of hydrogen-bond donors (Lipinski definition) is 1. The summed E-state index contributed by atoms with van der Waals surface area (Å²) >= 11 is 0. The maximum absolute atomic E-state index is 14.4. The van der Waals surface area contributed by atoms with Crippen LogP contribution in [0.15, 0.2) is 33.9 Å². The summed E-state index contributed by atoms with van der Waals surface area (Å²) in [5, 5.41) is 3.46. The van der Waals surface area contributed by atoms with Gasteiger partial charge in [0, 0.05) is 37.4 Å². The molecular formula is C19H24FN3O2. The summed E-state index contributed by atoms with van der Waals surface area (Å²) in [6.45, 7) is 2.07. The van der Waals surface area contributed by atoms with E-state index in [9.17, 15) is 14.0 Å². The molecule has 1 saturated carbocycles. The summed E-state index contributed by atoms with van der Waals surface area (Å²) in [6.07, 6.45) is 3.70. The monoisotopic (exact) mass is 345 g/mol. The lowest BCUT2D eigenvalue weighted by Gasteiger charge is -2.32. The molecule has 0 amide bonds. The normalized spacial score (nSPS) is 16.3. The SMILES string of the molecule is Cc1c(CNC2(c3ccccc3F)CCCC2)c(=O)n(C)c(=O)n1C. The van der Waals surface area contributed by atoms with Gasteiger partial charge in [-0.15, -0.1) is 0 Å². The zero-order valence-electron chi connectivity index (χ0n) is 14.9.